The Hall–Kier alpha value is -0.300. The van der Waals surface area contributed by atoms with Gasteiger partial charge in [-0.25, -0.2) is 0 Å². The third-order valence-electron chi connectivity index (χ3n) is 2.35. The van der Waals surface area contributed by atoms with Gasteiger partial charge in [-0.2, -0.15) is 11.3 Å². The van der Waals surface area contributed by atoms with Gasteiger partial charge >= 0.3 is 0 Å². The maximum absolute atomic E-state index is 2.27. The van der Waals surface area contributed by atoms with Crippen LogP contribution in [0.4, 0.5) is 0 Å². The van der Waals surface area contributed by atoms with Crippen LogP contribution < -0.4 is 0 Å². The fourth-order valence-electron chi connectivity index (χ4n) is 1.44. The van der Waals surface area contributed by atoms with Crippen molar-refractivity contribution in [3.8, 4) is 0 Å². The summed E-state index contributed by atoms with van der Waals surface area (Å²) in [5.41, 5.74) is 1.54. The number of hydrogen-bond donors (Lipinski definition) is 0. The van der Waals surface area contributed by atoms with Gasteiger partial charge in [0.2, 0.25) is 0 Å². The fourth-order valence-corrected chi connectivity index (χ4v) is 2.14. The first-order chi connectivity index (χ1) is 5.45. The van der Waals surface area contributed by atoms with Crippen molar-refractivity contribution in [1.29, 1.82) is 0 Å². The van der Waals surface area contributed by atoms with Gasteiger partial charge in [0, 0.05) is 0 Å². The highest BCUT2D eigenvalue weighted by Gasteiger charge is 2.19. The van der Waals surface area contributed by atoms with E-state index in [9.17, 15) is 0 Å². The number of hydrogen-bond acceptors (Lipinski definition) is 1. The summed E-state index contributed by atoms with van der Waals surface area (Å²) in [5.74, 6) is 1.11. The zero-order valence-corrected chi connectivity index (χ0v) is 7.57. The van der Waals surface area contributed by atoms with Gasteiger partial charge in [-0.15, -0.1) is 0 Å². The minimum absolute atomic E-state index is 1.11. The molecule has 2 rings (SSSR count). The Bertz CT molecular complexity index is 197. The first kappa shape index (κ1) is 7.35. The Labute approximate surface area is 72.3 Å². The Morgan fingerprint density at radius 2 is 2.36 bits per heavy atom. The van der Waals surface area contributed by atoms with Crippen molar-refractivity contribution < 1.29 is 0 Å². The van der Waals surface area contributed by atoms with Gasteiger partial charge in [-0.05, 0) is 41.1 Å². The van der Waals surface area contributed by atoms with Gasteiger partial charge in [0.15, 0.2) is 0 Å². The Morgan fingerprint density at radius 3 is 3.00 bits per heavy atom. The molecule has 0 aliphatic heterocycles. The molecule has 60 valence electrons. The normalized spacial score (nSPS) is 17.1. The quantitative estimate of drug-likeness (QED) is 0.642. The van der Waals surface area contributed by atoms with Crippen LogP contribution in [0.1, 0.15) is 31.2 Å². The van der Waals surface area contributed by atoms with Crippen molar-refractivity contribution in [2.75, 3.05) is 0 Å². The van der Waals surface area contributed by atoms with Gasteiger partial charge in [0.1, 0.15) is 0 Å². The minimum atomic E-state index is 1.11. The van der Waals surface area contributed by atoms with Crippen LogP contribution in [-0.4, -0.2) is 0 Å². The van der Waals surface area contributed by atoms with Gasteiger partial charge in [-0.1, -0.05) is 19.3 Å². The molecule has 1 saturated carbocycles. The molecule has 1 aromatic heterocycles. The lowest BCUT2D eigenvalue weighted by atomic mass is 10.1. The van der Waals surface area contributed by atoms with Crippen LogP contribution in [0.25, 0.3) is 0 Å². The third-order valence-corrected chi connectivity index (χ3v) is 3.09. The molecule has 0 spiro atoms. The largest absolute Gasteiger partial charge is 0.152 e. The molecule has 11 heavy (non-hydrogen) atoms. The van der Waals surface area contributed by atoms with Gasteiger partial charge in [0.25, 0.3) is 0 Å². The second kappa shape index (κ2) is 3.40. The van der Waals surface area contributed by atoms with E-state index in [0.29, 0.717) is 0 Å². The standard InChI is InChI=1S/C10H14S/c1(2-9-4-5-9)3-10-6-7-11-8-10/h6-9H,1-5H2. The van der Waals surface area contributed by atoms with E-state index in [0.717, 1.165) is 5.92 Å². The Kier molecular flexibility index (Phi) is 2.27. The molecule has 1 fully saturated rings. The molecule has 0 bridgehead atoms. The van der Waals surface area contributed by atoms with Crippen LogP contribution in [-0.2, 0) is 6.42 Å². The molecule has 0 unspecified atom stereocenters. The summed E-state index contributed by atoms with van der Waals surface area (Å²) in [5, 5.41) is 4.44. The van der Waals surface area contributed by atoms with Crippen molar-refractivity contribution in [2.24, 2.45) is 5.92 Å². The highest BCUT2D eigenvalue weighted by Crippen LogP contribution is 2.33. The monoisotopic (exact) mass is 166 g/mol. The first-order valence-electron chi connectivity index (χ1n) is 4.46. The lowest BCUT2D eigenvalue weighted by Crippen LogP contribution is -1.82. The molecule has 1 aliphatic rings. The van der Waals surface area contributed by atoms with Crippen molar-refractivity contribution in [3.63, 3.8) is 0 Å². The van der Waals surface area contributed by atoms with Crippen molar-refractivity contribution >= 4 is 11.3 Å². The summed E-state index contributed by atoms with van der Waals surface area (Å²) in [6, 6.07) is 2.25. The molecule has 0 aromatic carbocycles. The van der Waals surface area contributed by atoms with Crippen LogP contribution in [0.3, 0.4) is 0 Å². The summed E-state index contributed by atoms with van der Waals surface area (Å²) in [6.07, 6.45) is 7.19. The van der Waals surface area contributed by atoms with Crippen LogP contribution in [0.2, 0.25) is 0 Å². The predicted molar refractivity (Wildman–Crippen MR) is 50.0 cm³/mol. The predicted octanol–water partition coefficient (Wildman–Crippen LogP) is 3.48. The molecule has 0 saturated heterocycles. The topological polar surface area (TPSA) is 0 Å². The third kappa shape index (κ3) is 2.33. The molecule has 1 aliphatic carbocycles. The van der Waals surface area contributed by atoms with E-state index in [1.165, 1.54) is 37.7 Å². The average Bonchev–Trinajstić information content (AvgIpc) is 2.66. The lowest BCUT2D eigenvalue weighted by molar-refractivity contribution is 0.667. The summed E-state index contributed by atoms with van der Waals surface area (Å²) in [6.45, 7) is 0. The van der Waals surface area contributed by atoms with E-state index in [1.807, 2.05) is 11.3 Å². The average molecular weight is 166 g/mol. The van der Waals surface area contributed by atoms with E-state index in [4.69, 9.17) is 0 Å². The highest BCUT2D eigenvalue weighted by atomic mass is 32.1. The molecule has 0 radical (unpaired) electrons. The van der Waals surface area contributed by atoms with Gasteiger partial charge in [0.05, 0.1) is 0 Å². The smallest absolute Gasteiger partial charge is 0.00613 e. The SMILES string of the molecule is c1cc(CCCC2CC2)cs1. The molecule has 0 amide bonds. The molecule has 1 heterocycles. The van der Waals surface area contributed by atoms with E-state index in [2.05, 4.69) is 16.8 Å². The van der Waals surface area contributed by atoms with Crippen LogP contribution in [0, 0.1) is 5.92 Å². The molecular weight excluding hydrogens is 152 g/mol. The number of aryl methyl sites for hydroxylation is 1. The molecule has 1 aromatic rings. The fraction of sp³-hybridized carbons (Fsp3) is 0.600. The molecular formula is C10H14S. The van der Waals surface area contributed by atoms with Gasteiger partial charge in [-0.3, -0.25) is 0 Å². The van der Waals surface area contributed by atoms with Crippen molar-refractivity contribution in [3.05, 3.63) is 22.4 Å². The van der Waals surface area contributed by atoms with Crippen LogP contribution in [0.5, 0.6) is 0 Å². The Balaban J connectivity index is 1.66. The van der Waals surface area contributed by atoms with Crippen molar-refractivity contribution in [1.82, 2.24) is 0 Å². The maximum atomic E-state index is 2.27. The molecule has 1 heteroatoms. The zero-order chi connectivity index (χ0) is 7.52. The lowest BCUT2D eigenvalue weighted by Gasteiger charge is -1.95. The highest BCUT2D eigenvalue weighted by molar-refractivity contribution is 7.07. The second-order valence-corrected chi connectivity index (χ2v) is 4.25. The maximum Gasteiger partial charge on any atom is -0.00613 e. The summed E-state index contributed by atoms with van der Waals surface area (Å²) in [4.78, 5) is 0. The second-order valence-electron chi connectivity index (χ2n) is 3.47. The summed E-state index contributed by atoms with van der Waals surface area (Å²) < 4.78 is 0. The first-order valence-corrected chi connectivity index (χ1v) is 5.40. The zero-order valence-electron chi connectivity index (χ0n) is 6.75. The number of rotatable bonds is 4. The van der Waals surface area contributed by atoms with Crippen LogP contribution >= 0.6 is 11.3 Å². The van der Waals surface area contributed by atoms with E-state index in [1.54, 1.807) is 0 Å². The molecule has 0 nitrogen and oxygen atoms in total. The van der Waals surface area contributed by atoms with Gasteiger partial charge < -0.3 is 0 Å². The Morgan fingerprint density at radius 1 is 1.45 bits per heavy atom. The molecule has 0 atom stereocenters. The summed E-state index contributed by atoms with van der Waals surface area (Å²) in [7, 11) is 0. The van der Waals surface area contributed by atoms with E-state index >= 15 is 0 Å². The van der Waals surface area contributed by atoms with E-state index < -0.39 is 0 Å². The van der Waals surface area contributed by atoms with Crippen LogP contribution in [0.15, 0.2) is 16.8 Å². The van der Waals surface area contributed by atoms with E-state index in [-0.39, 0.29) is 0 Å². The van der Waals surface area contributed by atoms with Crippen molar-refractivity contribution in [2.45, 2.75) is 32.1 Å². The minimum Gasteiger partial charge on any atom is -0.152 e. The molecule has 0 N–H and O–H groups in total. The summed E-state index contributed by atoms with van der Waals surface area (Å²) >= 11 is 1.81. The number of thiophene rings is 1.